The Balaban J connectivity index is 2.51. The van der Waals surface area contributed by atoms with Crippen molar-refractivity contribution in [3.63, 3.8) is 0 Å². The van der Waals surface area contributed by atoms with E-state index < -0.39 is 17.1 Å². The van der Waals surface area contributed by atoms with Gasteiger partial charge in [-0.15, -0.1) is 6.58 Å². The van der Waals surface area contributed by atoms with Gasteiger partial charge < -0.3 is 10.0 Å². The van der Waals surface area contributed by atoms with Gasteiger partial charge in [0.05, 0.1) is 11.4 Å². The van der Waals surface area contributed by atoms with Crippen molar-refractivity contribution in [2.45, 2.75) is 33.7 Å². The Labute approximate surface area is 158 Å². The molecule has 0 amide bonds. The van der Waals surface area contributed by atoms with Gasteiger partial charge in [-0.3, -0.25) is 19.3 Å². The molecule has 7 nitrogen and oxygen atoms in total. The number of allylic oxidation sites excluding steroid dienone is 1. The van der Waals surface area contributed by atoms with Gasteiger partial charge in [0.2, 0.25) is 5.88 Å². The summed E-state index contributed by atoms with van der Waals surface area (Å²) in [5, 5.41) is 10.4. The average Bonchev–Trinajstić information content (AvgIpc) is 2.66. The molecule has 2 rings (SSSR count). The largest absolute Gasteiger partial charge is 0.494 e. The molecule has 1 heterocycles. The number of aromatic amines is 1. The molecule has 0 radical (unpaired) electrons. The molecule has 7 heteroatoms. The highest BCUT2D eigenvalue weighted by atomic mass is 16.3. The standard InChI is InChI=1S/C20H26N4O3/c1-5-13-24-19(26)17(18(25)22-20(24)27)16(6-2)21-14-9-11-15(12-10-14)23(7-3)8-4/h5,9-12,26H,1,6-8,13H2,2-4H3,(H,22,25,27). The van der Waals surface area contributed by atoms with Crippen molar-refractivity contribution in [2.24, 2.45) is 4.99 Å². The lowest BCUT2D eigenvalue weighted by Crippen LogP contribution is -2.33. The second kappa shape index (κ2) is 9.02. The first kappa shape index (κ1) is 20.2. The molecule has 0 aliphatic carbocycles. The van der Waals surface area contributed by atoms with Crippen molar-refractivity contribution in [3.8, 4) is 5.88 Å². The van der Waals surface area contributed by atoms with Gasteiger partial charge in [0.25, 0.3) is 5.56 Å². The van der Waals surface area contributed by atoms with Gasteiger partial charge in [-0.1, -0.05) is 13.0 Å². The highest BCUT2D eigenvalue weighted by Crippen LogP contribution is 2.22. The summed E-state index contributed by atoms with van der Waals surface area (Å²) in [5.41, 5.74) is 0.840. The van der Waals surface area contributed by atoms with E-state index in [4.69, 9.17) is 0 Å². The maximum absolute atomic E-state index is 12.3. The Hall–Kier alpha value is -3.09. The Morgan fingerprint density at radius 3 is 2.37 bits per heavy atom. The Morgan fingerprint density at radius 1 is 1.22 bits per heavy atom. The molecule has 1 aromatic carbocycles. The molecule has 1 aromatic heterocycles. The quantitative estimate of drug-likeness (QED) is 0.552. The average molecular weight is 370 g/mol. The third kappa shape index (κ3) is 4.36. The minimum atomic E-state index is -0.680. The van der Waals surface area contributed by atoms with Crippen LogP contribution in [-0.4, -0.2) is 33.5 Å². The summed E-state index contributed by atoms with van der Waals surface area (Å²) in [7, 11) is 0. The predicted molar refractivity (Wildman–Crippen MR) is 110 cm³/mol. The molecule has 2 aromatic rings. The minimum absolute atomic E-state index is 0.00627. The van der Waals surface area contributed by atoms with Gasteiger partial charge in [-0.2, -0.15) is 0 Å². The Kier molecular flexibility index (Phi) is 6.76. The molecule has 0 bridgehead atoms. The summed E-state index contributed by atoms with van der Waals surface area (Å²) in [4.78, 5) is 33.1. The van der Waals surface area contributed by atoms with Gasteiger partial charge in [-0.25, -0.2) is 4.79 Å². The third-order valence-electron chi connectivity index (χ3n) is 4.35. The van der Waals surface area contributed by atoms with Crippen molar-refractivity contribution in [1.82, 2.24) is 9.55 Å². The molecule has 0 aliphatic heterocycles. The van der Waals surface area contributed by atoms with E-state index in [2.05, 4.69) is 35.3 Å². The number of rotatable bonds is 8. The van der Waals surface area contributed by atoms with Crippen LogP contribution >= 0.6 is 0 Å². The number of anilines is 1. The summed E-state index contributed by atoms with van der Waals surface area (Å²) in [5.74, 6) is -0.399. The summed E-state index contributed by atoms with van der Waals surface area (Å²) in [6.07, 6.45) is 1.89. The van der Waals surface area contributed by atoms with Gasteiger partial charge in [0.1, 0.15) is 5.56 Å². The van der Waals surface area contributed by atoms with Crippen LogP contribution in [0.4, 0.5) is 11.4 Å². The van der Waals surface area contributed by atoms with Crippen LogP contribution in [0.15, 0.2) is 51.5 Å². The van der Waals surface area contributed by atoms with E-state index in [-0.39, 0.29) is 12.1 Å². The Bertz CT molecular complexity index is 935. The first-order valence-corrected chi connectivity index (χ1v) is 9.06. The fraction of sp³-hybridized carbons (Fsp3) is 0.350. The summed E-state index contributed by atoms with van der Waals surface area (Å²) in [6.45, 7) is 11.5. The van der Waals surface area contributed by atoms with Crippen LogP contribution in [0.25, 0.3) is 0 Å². The fourth-order valence-corrected chi connectivity index (χ4v) is 2.91. The lowest BCUT2D eigenvalue weighted by Gasteiger charge is -2.20. The molecule has 0 saturated carbocycles. The number of nitrogens with one attached hydrogen (secondary N) is 1. The van der Waals surface area contributed by atoms with Crippen LogP contribution in [0.1, 0.15) is 32.8 Å². The highest BCUT2D eigenvalue weighted by Gasteiger charge is 2.18. The lowest BCUT2D eigenvalue weighted by atomic mass is 10.1. The number of aromatic nitrogens is 2. The van der Waals surface area contributed by atoms with E-state index in [9.17, 15) is 14.7 Å². The van der Waals surface area contributed by atoms with E-state index in [1.807, 2.05) is 31.2 Å². The molecule has 144 valence electrons. The molecule has 0 spiro atoms. The van der Waals surface area contributed by atoms with Gasteiger partial charge in [0, 0.05) is 25.3 Å². The Morgan fingerprint density at radius 2 is 1.85 bits per heavy atom. The monoisotopic (exact) mass is 370 g/mol. The molecule has 2 N–H and O–H groups in total. The number of H-pyrrole nitrogens is 1. The number of benzene rings is 1. The van der Waals surface area contributed by atoms with Crippen LogP contribution in [0.3, 0.4) is 0 Å². The maximum Gasteiger partial charge on any atom is 0.331 e. The third-order valence-corrected chi connectivity index (χ3v) is 4.35. The van der Waals surface area contributed by atoms with Crippen LogP contribution in [0.5, 0.6) is 5.88 Å². The van der Waals surface area contributed by atoms with E-state index in [1.54, 1.807) is 0 Å². The van der Waals surface area contributed by atoms with E-state index in [1.165, 1.54) is 6.08 Å². The number of hydrogen-bond acceptors (Lipinski definition) is 5. The lowest BCUT2D eigenvalue weighted by molar-refractivity contribution is 0.409. The topological polar surface area (TPSA) is 90.7 Å². The number of nitrogens with zero attached hydrogens (tertiary/aromatic N) is 3. The second-order valence-corrected chi connectivity index (χ2v) is 5.96. The van der Waals surface area contributed by atoms with Gasteiger partial charge >= 0.3 is 5.69 Å². The summed E-state index contributed by atoms with van der Waals surface area (Å²) < 4.78 is 1.05. The molecule has 0 fully saturated rings. The molecule has 0 atom stereocenters. The van der Waals surface area contributed by atoms with E-state index >= 15 is 0 Å². The van der Waals surface area contributed by atoms with Crippen molar-refractivity contribution in [2.75, 3.05) is 18.0 Å². The smallest absolute Gasteiger partial charge is 0.331 e. The van der Waals surface area contributed by atoms with Crippen molar-refractivity contribution >= 4 is 17.1 Å². The van der Waals surface area contributed by atoms with Crippen LogP contribution < -0.4 is 16.1 Å². The van der Waals surface area contributed by atoms with Gasteiger partial charge in [-0.05, 0) is 44.5 Å². The molecule has 0 unspecified atom stereocenters. The molecular weight excluding hydrogens is 344 g/mol. The molecule has 0 aliphatic rings. The van der Waals surface area contributed by atoms with Crippen molar-refractivity contribution in [1.29, 1.82) is 0 Å². The normalized spacial score (nSPS) is 11.4. The number of hydrogen-bond donors (Lipinski definition) is 2. The zero-order valence-electron chi connectivity index (χ0n) is 16.0. The van der Waals surface area contributed by atoms with Crippen molar-refractivity contribution < 1.29 is 5.11 Å². The predicted octanol–water partition coefficient (Wildman–Crippen LogP) is 2.81. The maximum atomic E-state index is 12.3. The fourth-order valence-electron chi connectivity index (χ4n) is 2.91. The van der Waals surface area contributed by atoms with Crippen molar-refractivity contribution in [3.05, 3.63) is 63.3 Å². The molecule has 0 saturated heterocycles. The van der Waals surface area contributed by atoms with E-state index in [0.717, 1.165) is 23.3 Å². The number of aromatic hydroxyl groups is 1. The SMILES string of the molecule is C=CCn1c(O)c(C(CC)=Nc2ccc(N(CC)CC)cc2)c(=O)[nH]c1=O. The summed E-state index contributed by atoms with van der Waals surface area (Å²) in [6, 6.07) is 7.69. The molecular formula is C20H26N4O3. The second-order valence-electron chi connectivity index (χ2n) is 5.96. The van der Waals surface area contributed by atoms with Crippen LogP contribution in [0.2, 0.25) is 0 Å². The zero-order chi connectivity index (χ0) is 20.0. The zero-order valence-corrected chi connectivity index (χ0v) is 16.0. The highest BCUT2D eigenvalue weighted by molar-refractivity contribution is 6.03. The minimum Gasteiger partial charge on any atom is -0.494 e. The first-order chi connectivity index (χ1) is 13.0. The van der Waals surface area contributed by atoms with Crippen LogP contribution in [0, 0.1) is 0 Å². The van der Waals surface area contributed by atoms with Crippen LogP contribution in [-0.2, 0) is 6.54 Å². The summed E-state index contributed by atoms with van der Waals surface area (Å²) >= 11 is 0. The number of aliphatic imine (C=N–C) groups is 1. The molecule has 27 heavy (non-hydrogen) atoms. The van der Waals surface area contributed by atoms with Gasteiger partial charge in [0.15, 0.2) is 0 Å². The van der Waals surface area contributed by atoms with E-state index in [0.29, 0.717) is 17.8 Å². The first-order valence-electron chi connectivity index (χ1n) is 9.06.